The molecular formula is C13H16N4O3. The topological polar surface area (TPSA) is 95.7 Å². The van der Waals surface area contributed by atoms with Crippen LogP contribution in [-0.4, -0.2) is 33.0 Å². The number of urea groups is 1. The molecule has 0 radical (unpaired) electrons. The Morgan fingerprint density at radius 2 is 2.25 bits per heavy atom. The smallest absolute Gasteiger partial charge is 0.319 e. The minimum Gasteiger partial charge on any atom is -0.481 e. The van der Waals surface area contributed by atoms with E-state index in [1.54, 1.807) is 18.6 Å². The van der Waals surface area contributed by atoms with Crippen LogP contribution in [0.2, 0.25) is 0 Å². The maximum atomic E-state index is 11.6. The van der Waals surface area contributed by atoms with Crippen molar-refractivity contribution in [3.63, 3.8) is 0 Å². The van der Waals surface area contributed by atoms with Gasteiger partial charge in [0.15, 0.2) is 0 Å². The second-order valence-electron chi connectivity index (χ2n) is 4.45. The number of carboxylic acids is 1. The minimum absolute atomic E-state index is 0.0420. The first-order valence-electron chi connectivity index (χ1n) is 6.26. The van der Waals surface area contributed by atoms with Crippen LogP contribution in [0.5, 0.6) is 0 Å². The van der Waals surface area contributed by atoms with Gasteiger partial charge in [-0.2, -0.15) is 0 Å². The highest BCUT2D eigenvalue weighted by Gasteiger charge is 2.05. The van der Waals surface area contributed by atoms with Gasteiger partial charge in [-0.15, -0.1) is 0 Å². The number of aliphatic carboxylic acids is 1. The number of hydrogen-bond donors (Lipinski definition) is 3. The van der Waals surface area contributed by atoms with Crippen LogP contribution in [0, 0.1) is 6.92 Å². The molecule has 2 aromatic heterocycles. The molecule has 0 bridgehead atoms. The van der Waals surface area contributed by atoms with Crippen molar-refractivity contribution in [2.45, 2.75) is 19.8 Å². The average molecular weight is 276 g/mol. The van der Waals surface area contributed by atoms with Gasteiger partial charge in [0.2, 0.25) is 0 Å². The maximum Gasteiger partial charge on any atom is 0.319 e. The zero-order chi connectivity index (χ0) is 14.5. The van der Waals surface area contributed by atoms with Crippen molar-refractivity contribution < 1.29 is 14.7 Å². The van der Waals surface area contributed by atoms with Gasteiger partial charge in [-0.3, -0.25) is 4.79 Å². The highest BCUT2D eigenvalue weighted by Crippen LogP contribution is 2.14. The van der Waals surface area contributed by atoms with E-state index in [0.717, 1.165) is 11.2 Å². The Labute approximate surface area is 115 Å². The number of carbonyl (C=O) groups excluding carboxylic acids is 1. The minimum atomic E-state index is -0.867. The van der Waals surface area contributed by atoms with Crippen molar-refractivity contribution >= 4 is 23.3 Å². The molecule has 2 amide bonds. The number of amides is 2. The molecule has 2 rings (SSSR count). The van der Waals surface area contributed by atoms with Crippen LogP contribution in [0.25, 0.3) is 5.65 Å². The predicted octanol–water partition coefficient (Wildman–Crippen LogP) is 1.63. The van der Waals surface area contributed by atoms with E-state index in [-0.39, 0.29) is 12.5 Å². The lowest BCUT2D eigenvalue weighted by Gasteiger charge is -2.08. The second kappa shape index (κ2) is 6.05. The van der Waals surface area contributed by atoms with Gasteiger partial charge in [0.1, 0.15) is 5.65 Å². The fourth-order valence-corrected chi connectivity index (χ4v) is 1.89. The molecule has 3 N–H and O–H groups in total. The molecule has 2 aromatic rings. The Morgan fingerprint density at radius 3 is 3.00 bits per heavy atom. The van der Waals surface area contributed by atoms with E-state index in [2.05, 4.69) is 15.6 Å². The SMILES string of the molecule is Cc1cc(NC(=O)NCCCC(=O)O)cn2ccnc12. The molecule has 7 nitrogen and oxygen atoms in total. The summed E-state index contributed by atoms with van der Waals surface area (Å²) in [6.45, 7) is 2.24. The van der Waals surface area contributed by atoms with E-state index >= 15 is 0 Å². The lowest BCUT2D eigenvalue weighted by atomic mass is 10.3. The molecular weight excluding hydrogens is 260 g/mol. The first-order valence-corrected chi connectivity index (χ1v) is 6.26. The third-order valence-electron chi connectivity index (χ3n) is 2.78. The van der Waals surface area contributed by atoms with Crippen LogP contribution in [-0.2, 0) is 4.79 Å². The number of nitrogens with one attached hydrogen (secondary N) is 2. The molecule has 0 atom stereocenters. The Bertz CT molecular complexity index is 636. The van der Waals surface area contributed by atoms with Crippen LogP contribution in [0.15, 0.2) is 24.7 Å². The Kier molecular flexibility index (Phi) is 4.19. The molecule has 0 aliphatic carbocycles. The van der Waals surface area contributed by atoms with Crippen molar-refractivity contribution in [1.82, 2.24) is 14.7 Å². The summed E-state index contributed by atoms with van der Waals surface area (Å²) in [4.78, 5) is 26.2. The molecule has 2 heterocycles. The van der Waals surface area contributed by atoms with Crippen molar-refractivity contribution in [1.29, 1.82) is 0 Å². The summed E-state index contributed by atoms with van der Waals surface area (Å²) in [5, 5.41) is 13.8. The third-order valence-corrected chi connectivity index (χ3v) is 2.78. The molecule has 0 saturated heterocycles. The molecule has 0 aliphatic heterocycles. The zero-order valence-corrected chi connectivity index (χ0v) is 11.1. The van der Waals surface area contributed by atoms with Crippen molar-refractivity contribution in [2.75, 3.05) is 11.9 Å². The van der Waals surface area contributed by atoms with E-state index in [4.69, 9.17) is 5.11 Å². The third kappa shape index (κ3) is 3.47. The van der Waals surface area contributed by atoms with Crippen LogP contribution in [0.1, 0.15) is 18.4 Å². The van der Waals surface area contributed by atoms with Gasteiger partial charge >= 0.3 is 12.0 Å². The number of fused-ring (bicyclic) bond motifs is 1. The Balaban J connectivity index is 1.91. The quantitative estimate of drug-likeness (QED) is 0.723. The molecule has 20 heavy (non-hydrogen) atoms. The molecule has 0 unspecified atom stereocenters. The van der Waals surface area contributed by atoms with E-state index in [1.807, 2.05) is 17.4 Å². The summed E-state index contributed by atoms with van der Waals surface area (Å²) in [5.74, 6) is -0.867. The fraction of sp³-hybridized carbons (Fsp3) is 0.308. The van der Waals surface area contributed by atoms with E-state index < -0.39 is 5.97 Å². The van der Waals surface area contributed by atoms with Crippen molar-refractivity contribution in [3.8, 4) is 0 Å². The van der Waals surface area contributed by atoms with Gasteiger partial charge in [-0.25, -0.2) is 9.78 Å². The lowest BCUT2D eigenvalue weighted by Crippen LogP contribution is -2.29. The highest BCUT2D eigenvalue weighted by molar-refractivity contribution is 5.89. The molecule has 0 fully saturated rings. The van der Waals surface area contributed by atoms with Crippen LogP contribution < -0.4 is 10.6 Å². The summed E-state index contributed by atoms with van der Waals surface area (Å²) in [6, 6.07) is 1.48. The van der Waals surface area contributed by atoms with E-state index in [0.29, 0.717) is 18.7 Å². The Hall–Kier alpha value is -2.57. The van der Waals surface area contributed by atoms with Crippen LogP contribution in [0.3, 0.4) is 0 Å². The Morgan fingerprint density at radius 1 is 1.45 bits per heavy atom. The van der Waals surface area contributed by atoms with Gasteiger partial charge in [0.05, 0.1) is 5.69 Å². The number of carboxylic acid groups (broad SMARTS) is 1. The zero-order valence-electron chi connectivity index (χ0n) is 11.1. The lowest BCUT2D eigenvalue weighted by molar-refractivity contribution is -0.137. The summed E-state index contributed by atoms with van der Waals surface area (Å²) in [5.41, 5.74) is 2.46. The van der Waals surface area contributed by atoms with Crippen LogP contribution in [0.4, 0.5) is 10.5 Å². The molecule has 0 aromatic carbocycles. The van der Waals surface area contributed by atoms with Gasteiger partial charge in [0.25, 0.3) is 0 Å². The number of imidazole rings is 1. The van der Waals surface area contributed by atoms with Crippen molar-refractivity contribution in [3.05, 3.63) is 30.2 Å². The van der Waals surface area contributed by atoms with Gasteiger partial charge in [0, 0.05) is 31.6 Å². The molecule has 0 aliphatic rings. The number of aryl methyl sites for hydroxylation is 1. The first kappa shape index (κ1) is 13.9. The molecule has 0 spiro atoms. The molecule has 0 saturated carbocycles. The second-order valence-corrected chi connectivity index (χ2v) is 4.45. The van der Waals surface area contributed by atoms with Gasteiger partial charge < -0.3 is 20.1 Å². The number of carbonyl (C=O) groups is 2. The summed E-state index contributed by atoms with van der Waals surface area (Å²) in [7, 11) is 0. The van der Waals surface area contributed by atoms with E-state index in [1.165, 1.54) is 0 Å². The average Bonchev–Trinajstić information content (AvgIpc) is 2.83. The number of nitrogens with zero attached hydrogens (tertiary/aromatic N) is 2. The summed E-state index contributed by atoms with van der Waals surface area (Å²) >= 11 is 0. The number of aromatic nitrogens is 2. The molecule has 106 valence electrons. The number of hydrogen-bond acceptors (Lipinski definition) is 3. The first-order chi connectivity index (χ1) is 9.56. The predicted molar refractivity (Wildman–Crippen MR) is 73.8 cm³/mol. The van der Waals surface area contributed by atoms with Gasteiger partial charge in [-0.05, 0) is 25.0 Å². The monoisotopic (exact) mass is 276 g/mol. The molecule has 7 heteroatoms. The highest BCUT2D eigenvalue weighted by atomic mass is 16.4. The standard InChI is InChI=1S/C13H16N4O3/c1-9-7-10(8-17-6-5-14-12(9)17)16-13(20)15-4-2-3-11(18)19/h5-8H,2-4H2,1H3,(H,18,19)(H2,15,16,20). The van der Waals surface area contributed by atoms with Crippen LogP contribution >= 0.6 is 0 Å². The fourth-order valence-electron chi connectivity index (χ4n) is 1.89. The summed E-state index contributed by atoms with van der Waals surface area (Å²) < 4.78 is 1.83. The largest absolute Gasteiger partial charge is 0.481 e. The number of rotatable bonds is 5. The summed E-state index contributed by atoms with van der Waals surface area (Å²) in [6.07, 6.45) is 5.71. The maximum absolute atomic E-state index is 11.6. The van der Waals surface area contributed by atoms with Gasteiger partial charge in [-0.1, -0.05) is 0 Å². The van der Waals surface area contributed by atoms with E-state index in [9.17, 15) is 9.59 Å². The number of pyridine rings is 1. The normalized spacial score (nSPS) is 10.4. The van der Waals surface area contributed by atoms with Crippen molar-refractivity contribution in [2.24, 2.45) is 0 Å². The number of anilines is 1.